The Morgan fingerprint density at radius 3 is 2.73 bits per heavy atom. The first-order valence-electron chi connectivity index (χ1n) is 10.0. The lowest BCUT2D eigenvalue weighted by atomic mass is 10.0. The number of pyridine rings is 2. The molecule has 0 radical (unpaired) electrons. The Bertz CT molecular complexity index is 1240. The summed E-state index contributed by atoms with van der Waals surface area (Å²) in [4.78, 5) is 24.0. The van der Waals surface area contributed by atoms with E-state index in [2.05, 4.69) is 38.2 Å². The van der Waals surface area contributed by atoms with Gasteiger partial charge in [-0.1, -0.05) is 24.3 Å². The van der Waals surface area contributed by atoms with E-state index >= 15 is 0 Å². The van der Waals surface area contributed by atoms with Crippen molar-refractivity contribution >= 4 is 22.4 Å². The summed E-state index contributed by atoms with van der Waals surface area (Å²) >= 11 is 0. The second-order valence-electron chi connectivity index (χ2n) is 8.03. The Morgan fingerprint density at radius 1 is 1.10 bits per heavy atom. The summed E-state index contributed by atoms with van der Waals surface area (Å²) in [6, 6.07) is 11.7. The highest BCUT2D eigenvalue weighted by molar-refractivity contribution is 5.98. The Balaban J connectivity index is 1.38. The van der Waals surface area contributed by atoms with Crippen LogP contribution in [-0.4, -0.2) is 43.8 Å². The predicted octanol–water partition coefficient (Wildman–Crippen LogP) is 3.31. The van der Waals surface area contributed by atoms with E-state index in [1.165, 1.54) is 0 Å². The number of aromatic nitrogens is 5. The highest BCUT2D eigenvalue weighted by atomic mass is 16.1. The summed E-state index contributed by atoms with van der Waals surface area (Å²) in [7, 11) is 1.85. The number of nitrogens with zero attached hydrogens (tertiary/aromatic N) is 6. The SMILES string of the molecule is CC1CN(c2cc(C(=O)Cc3cc4cc(-c5cn(C)nn5)ccc4cn3)ccn2)C1. The molecule has 0 atom stereocenters. The van der Waals surface area contributed by atoms with Gasteiger partial charge in [0.05, 0.1) is 12.6 Å². The molecule has 1 aliphatic heterocycles. The molecule has 4 aromatic rings. The van der Waals surface area contributed by atoms with Crippen LogP contribution in [0.5, 0.6) is 0 Å². The molecule has 0 bridgehead atoms. The summed E-state index contributed by atoms with van der Waals surface area (Å²) in [5.74, 6) is 1.60. The van der Waals surface area contributed by atoms with Crippen LogP contribution < -0.4 is 4.90 Å². The highest BCUT2D eigenvalue weighted by Crippen LogP contribution is 2.25. The van der Waals surface area contributed by atoms with Crippen molar-refractivity contribution < 1.29 is 4.79 Å². The fourth-order valence-corrected chi connectivity index (χ4v) is 3.84. The molecule has 0 aliphatic carbocycles. The quantitative estimate of drug-likeness (QED) is 0.480. The lowest BCUT2D eigenvalue weighted by Gasteiger charge is -2.38. The van der Waals surface area contributed by atoms with Crippen LogP contribution in [0.25, 0.3) is 22.0 Å². The van der Waals surface area contributed by atoms with Crippen LogP contribution in [0.1, 0.15) is 23.0 Å². The number of benzene rings is 1. The summed E-state index contributed by atoms with van der Waals surface area (Å²) in [6.45, 7) is 4.20. The zero-order valence-corrected chi connectivity index (χ0v) is 17.0. The monoisotopic (exact) mass is 398 g/mol. The summed E-state index contributed by atoms with van der Waals surface area (Å²) in [5, 5.41) is 10.2. The maximum absolute atomic E-state index is 12.9. The standard InChI is InChI=1S/C23H22N6O/c1-15-12-29(13-15)23-9-17(5-6-24-23)22(30)10-20-8-19-7-16(3-4-18(19)11-25-20)21-14-28(2)27-26-21/h3-9,11,14-15H,10,12-13H2,1-2H3. The van der Waals surface area contributed by atoms with E-state index < -0.39 is 0 Å². The third-order valence-electron chi connectivity index (χ3n) is 5.47. The average Bonchev–Trinajstić information content (AvgIpc) is 3.17. The minimum absolute atomic E-state index is 0.0455. The molecule has 7 heteroatoms. The van der Waals surface area contributed by atoms with Crippen LogP contribution >= 0.6 is 0 Å². The molecule has 0 unspecified atom stereocenters. The molecule has 1 aliphatic rings. The Labute approximate surface area is 174 Å². The number of hydrogen-bond donors (Lipinski definition) is 0. The maximum atomic E-state index is 12.9. The van der Waals surface area contributed by atoms with Crippen molar-refractivity contribution in [1.29, 1.82) is 0 Å². The van der Waals surface area contributed by atoms with Gasteiger partial charge in [0, 0.05) is 54.7 Å². The highest BCUT2D eigenvalue weighted by Gasteiger charge is 2.24. The fourth-order valence-electron chi connectivity index (χ4n) is 3.84. The number of Topliss-reactive ketones (excluding diaryl/α,β-unsaturated/α-hetero) is 1. The van der Waals surface area contributed by atoms with Crippen molar-refractivity contribution in [2.75, 3.05) is 18.0 Å². The van der Waals surface area contributed by atoms with Crippen LogP contribution in [0.2, 0.25) is 0 Å². The molecule has 1 aromatic carbocycles. The lowest BCUT2D eigenvalue weighted by molar-refractivity contribution is 0.0992. The van der Waals surface area contributed by atoms with Crippen LogP contribution in [0, 0.1) is 5.92 Å². The number of carbonyl (C=O) groups excluding carboxylic acids is 1. The van der Waals surface area contributed by atoms with Crippen LogP contribution in [-0.2, 0) is 13.5 Å². The largest absolute Gasteiger partial charge is 0.356 e. The molecule has 0 N–H and O–H groups in total. The molecule has 0 amide bonds. The van der Waals surface area contributed by atoms with Crippen molar-refractivity contribution in [1.82, 2.24) is 25.0 Å². The van der Waals surface area contributed by atoms with E-state index in [1.54, 1.807) is 16.9 Å². The van der Waals surface area contributed by atoms with Gasteiger partial charge < -0.3 is 4.90 Å². The maximum Gasteiger partial charge on any atom is 0.169 e. The molecule has 7 nitrogen and oxygen atoms in total. The van der Waals surface area contributed by atoms with Crippen molar-refractivity contribution in [3.63, 3.8) is 0 Å². The van der Waals surface area contributed by atoms with Gasteiger partial charge in [0.1, 0.15) is 11.5 Å². The Kier molecular flexibility index (Phi) is 4.50. The summed E-state index contributed by atoms with van der Waals surface area (Å²) < 4.78 is 1.68. The minimum Gasteiger partial charge on any atom is -0.356 e. The van der Waals surface area contributed by atoms with E-state index in [0.29, 0.717) is 11.5 Å². The van der Waals surface area contributed by atoms with Gasteiger partial charge in [0.2, 0.25) is 0 Å². The van der Waals surface area contributed by atoms with Gasteiger partial charge in [-0.05, 0) is 35.6 Å². The molecule has 30 heavy (non-hydrogen) atoms. The molecular formula is C23H22N6O. The Morgan fingerprint density at radius 2 is 1.97 bits per heavy atom. The molecule has 0 saturated carbocycles. The van der Waals surface area contributed by atoms with E-state index in [4.69, 9.17) is 0 Å². The number of hydrogen-bond acceptors (Lipinski definition) is 6. The van der Waals surface area contributed by atoms with Crippen molar-refractivity contribution in [3.05, 3.63) is 66.2 Å². The number of ketones is 1. The van der Waals surface area contributed by atoms with E-state index in [1.807, 2.05) is 43.7 Å². The normalized spacial score (nSPS) is 14.1. The number of fused-ring (bicyclic) bond motifs is 1. The summed E-state index contributed by atoms with van der Waals surface area (Å²) in [6.07, 6.45) is 5.67. The van der Waals surface area contributed by atoms with Gasteiger partial charge in [-0.2, -0.15) is 0 Å². The smallest absolute Gasteiger partial charge is 0.169 e. The second-order valence-corrected chi connectivity index (χ2v) is 8.03. The first kappa shape index (κ1) is 18.4. The molecule has 0 spiro atoms. The molecule has 1 saturated heterocycles. The number of anilines is 1. The van der Waals surface area contributed by atoms with Crippen LogP contribution in [0.3, 0.4) is 0 Å². The van der Waals surface area contributed by atoms with E-state index in [0.717, 1.165) is 46.6 Å². The lowest BCUT2D eigenvalue weighted by Crippen LogP contribution is -2.45. The van der Waals surface area contributed by atoms with Gasteiger partial charge in [-0.3, -0.25) is 14.5 Å². The van der Waals surface area contributed by atoms with Gasteiger partial charge in [-0.25, -0.2) is 4.98 Å². The van der Waals surface area contributed by atoms with Crippen molar-refractivity contribution in [3.8, 4) is 11.3 Å². The average molecular weight is 398 g/mol. The van der Waals surface area contributed by atoms with E-state index in [-0.39, 0.29) is 12.2 Å². The molecule has 150 valence electrons. The van der Waals surface area contributed by atoms with Crippen molar-refractivity contribution in [2.45, 2.75) is 13.3 Å². The van der Waals surface area contributed by atoms with Crippen LogP contribution in [0.15, 0.2) is 55.0 Å². The van der Waals surface area contributed by atoms with Gasteiger partial charge >= 0.3 is 0 Å². The molecule has 3 aromatic heterocycles. The number of carbonyl (C=O) groups is 1. The fraction of sp³-hybridized carbons (Fsp3) is 0.261. The summed E-state index contributed by atoms with van der Waals surface area (Å²) in [5.41, 5.74) is 3.23. The first-order chi connectivity index (χ1) is 14.5. The van der Waals surface area contributed by atoms with E-state index in [9.17, 15) is 4.79 Å². The minimum atomic E-state index is 0.0455. The zero-order chi connectivity index (χ0) is 20.7. The first-order valence-corrected chi connectivity index (χ1v) is 10.0. The second kappa shape index (κ2) is 7.33. The van der Waals surface area contributed by atoms with Gasteiger partial charge in [0.25, 0.3) is 0 Å². The topological polar surface area (TPSA) is 76.8 Å². The van der Waals surface area contributed by atoms with Crippen LogP contribution in [0.4, 0.5) is 5.82 Å². The molecule has 5 rings (SSSR count). The molecule has 4 heterocycles. The third-order valence-corrected chi connectivity index (χ3v) is 5.47. The Hall–Kier alpha value is -3.61. The zero-order valence-electron chi connectivity index (χ0n) is 17.0. The van der Waals surface area contributed by atoms with Gasteiger partial charge in [-0.15, -0.1) is 5.10 Å². The molecular weight excluding hydrogens is 376 g/mol. The van der Waals surface area contributed by atoms with Crippen molar-refractivity contribution in [2.24, 2.45) is 13.0 Å². The molecule has 1 fully saturated rings. The third kappa shape index (κ3) is 3.54. The number of rotatable bonds is 5. The van der Waals surface area contributed by atoms with Gasteiger partial charge in [0.15, 0.2) is 5.78 Å². The predicted molar refractivity (Wildman–Crippen MR) is 115 cm³/mol. The number of aryl methyl sites for hydroxylation is 1.